The van der Waals surface area contributed by atoms with Gasteiger partial charge in [0.1, 0.15) is 5.25 Å². The Morgan fingerprint density at radius 2 is 2.07 bits per heavy atom. The first kappa shape index (κ1) is 11.4. The molecule has 0 bridgehead atoms. The summed E-state index contributed by atoms with van der Waals surface area (Å²) in [5.41, 5.74) is -0.0337. The number of hydrogen-bond donors (Lipinski definition) is 1. The van der Waals surface area contributed by atoms with Crippen LogP contribution in [-0.2, 0) is 14.3 Å². The van der Waals surface area contributed by atoms with Crippen molar-refractivity contribution in [3.8, 4) is 0 Å². The van der Waals surface area contributed by atoms with E-state index in [-0.39, 0.29) is 17.3 Å². The van der Waals surface area contributed by atoms with E-state index in [1.165, 1.54) is 0 Å². The Kier molecular flexibility index (Phi) is 3.05. The van der Waals surface area contributed by atoms with Crippen LogP contribution in [0.4, 0.5) is 0 Å². The zero-order valence-electron chi connectivity index (χ0n) is 9.16. The molecular weight excluding hydrogens is 214 g/mol. The van der Waals surface area contributed by atoms with E-state index in [0.717, 1.165) is 32.2 Å². The minimum atomic E-state index is -3.36. The lowest BCUT2D eigenvalue weighted by Gasteiger charge is -2.28. The molecule has 1 aliphatic carbocycles. The summed E-state index contributed by atoms with van der Waals surface area (Å²) in [6.45, 7) is 3.36. The lowest BCUT2D eigenvalue weighted by molar-refractivity contribution is 0.286. The molecule has 0 aromatic carbocycles. The minimum Gasteiger partial charge on any atom is -0.315 e. The van der Waals surface area contributed by atoms with Crippen LogP contribution < -0.4 is 5.32 Å². The molecule has 0 radical (unpaired) electrons. The Balaban J connectivity index is 2.21. The summed E-state index contributed by atoms with van der Waals surface area (Å²) in [7, 11) is -3.36. The van der Waals surface area contributed by atoms with Crippen LogP contribution in [0.15, 0.2) is 0 Å². The average Bonchev–Trinajstić information content (AvgIpc) is 2.77. The molecule has 1 atom stereocenters. The van der Waals surface area contributed by atoms with E-state index in [2.05, 4.69) is 5.32 Å². The highest BCUT2D eigenvalue weighted by atomic mass is 32.2. The van der Waals surface area contributed by atoms with Gasteiger partial charge in [0.25, 0.3) is 10.1 Å². The van der Waals surface area contributed by atoms with E-state index in [1.807, 2.05) is 0 Å². The van der Waals surface area contributed by atoms with Crippen LogP contribution in [-0.4, -0.2) is 33.4 Å². The van der Waals surface area contributed by atoms with Gasteiger partial charge in [-0.1, -0.05) is 12.8 Å². The first-order valence-electron chi connectivity index (χ1n) is 5.70. The highest BCUT2D eigenvalue weighted by molar-refractivity contribution is 7.87. The number of nitrogens with one attached hydrogen (secondary N) is 1. The van der Waals surface area contributed by atoms with Crippen molar-refractivity contribution in [2.75, 3.05) is 19.7 Å². The molecule has 5 heteroatoms. The maximum absolute atomic E-state index is 11.9. The maximum Gasteiger partial charge on any atom is 0.272 e. The Morgan fingerprint density at radius 1 is 1.40 bits per heavy atom. The fourth-order valence-corrected chi connectivity index (χ4v) is 4.76. The first-order valence-corrected chi connectivity index (χ1v) is 7.17. The molecule has 88 valence electrons. The van der Waals surface area contributed by atoms with Crippen LogP contribution in [0.3, 0.4) is 0 Å². The van der Waals surface area contributed by atoms with Crippen molar-refractivity contribution >= 4 is 10.1 Å². The topological polar surface area (TPSA) is 55.4 Å². The summed E-state index contributed by atoms with van der Waals surface area (Å²) in [5, 5.41) is 2.88. The van der Waals surface area contributed by atoms with E-state index in [0.29, 0.717) is 6.54 Å². The molecule has 1 unspecified atom stereocenters. The molecular formula is C10H19NO3S. The van der Waals surface area contributed by atoms with Crippen LogP contribution in [0, 0.1) is 5.41 Å². The normalized spacial score (nSPS) is 30.1. The van der Waals surface area contributed by atoms with Gasteiger partial charge in [0.2, 0.25) is 0 Å². The van der Waals surface area contributed by atoms with Crippen molar-refractivity contribution in [2.45, 2.75) is 37.9 Å². The van der Waals surface area contributed by atoms with Crippen molar-refractivity contribution in [3.05, 3.63) is 0 Å². The standard InChI is InChI=1S/C10H19NO3S/c1-2-14-15(12,13)9-7-11-8-10(9)5-3-4-6-10/h9,11H,2-8H2,1H3. The highest BCUT2D eigenvalue weighted by Crippen LogP contribution is 2.45. The molecule has 1 spiro atoms. The van der Waals surface area contributed by atoms with Crippen LogP contribution in [0.25, 0.3) is 0 Å². The van der Waals surface area contributed by atoms with Crippen LogP contribution in [0.5, 0.6) is 0 Å². The fourth-order valence-electron chi connectivity index (χ4n) is 3.02. The second kappa shape index (κ2) is 4.03. The zero-order chi connectivity index (χ0) is 10.9. The van der Waals surface area contributed by atoms with Gasteiger partial charge in [0.15, 0.2) is 0 Å². The van der Waals surface area contributed by atoms with E-state index in [4.69, 9.17) is 4.18 Å². The van der Waals surface area contributed by atoms with Gasteiger partial charge in [-0.3, -0.25) is 4.18 Å². The molecule has 1 saturated carbocycles. The summed E-state index contributed by atoms with van der Waals surface area (Å²) in [5.74, 6) is 0. The van der Waals surface area contributed by atoms with E-state index in [9.17, 15) is 8.42 Å². The van der Waals surface area contributed by atoms with Gasteiger partial charge >= 0.3 is 0 Å². The minimum absolute atomic E-state index is 0.0337. The largest absolute Gasteiger partial charge is 0.315 e. The summed E-state index contributed by atoms with van der Waals surface area (Å²) in [6, 6.07) is 0. The summed E-state index contributed by atoms with van der Waals surface area (Å²) in [6.07, 6.45) is 4.35. The highest BCUT2D eigenvalue weighted by Gasteiger charge is 2.51. The third kappa shape index (κ3) is 1.92. The number of rotatable bonds is 3. The van der Waals surface area contributed by atoms with Gasteiger partial charge < -0.3 is 5.32 Å². The van der Waals surface area contributed by atoms with Gasteiger partial charge in [0.05, 0.1) is 6.61 Å². The van der Waals surface area contributed by atoms with Gasteiger partial charge in [-0.2, -0.15) is 8.42 Å². The monoisotopic (exact) mass is 233 g/mol. The van der Waals surface area contributed by atoms with E-state index in [1.54, 1.807) is 6.92 Å². The molecule has 1 heterocycles. The van der Waals surface area contributed by atoms with Crippen LogP contribution >= 0.6 is 0 Å². The van der Waals surface area contributed by atoms with Crippen molar-refractivity contribution in [1.29, 1.82) is 0 Å². The van der Waals surface area contributed by atoms with Gasteiger partial charge in [-0.05, 0) is 19.8 Å². The quantitative estimate of drug-likeness (QED) is 0.735. The molecule has 0 aromatic heterocycles. The molecule has 0 aromatic rings. The molecule has 2 fully saturated rings. The zero-order valence-corrected chi connectivity index (χ0v) is 9.98. The lowest BCUT2D eigenvalue weighted by Crippen LogP contribution is -2.38. The predicted molar refractivity (Wildman–Crippen MR) is 58.1 cm³/mol. The molecule has 0 amide bonds. The third-order valence-corrected chi connectivity index (χ3v) is 5.65. The second-order valence-electron chi connectivity index (χ2n) is 4.59. The molecule has 1 N–H and O–H groups in total. The Bertz CT molecular complexity index is 314. The average molecular weight is 233 g/mol. The summed E-state index contributed by atoms with van der Waals surface area (Å²) < 4.78 is 28.8. The summed E-state index contributed by atoms with van der Waals surface area (Å²) in [4.78, 5) is 0. The Morgan fingerprint density at radius 3 is 2.67 bits per heavy atom. The molecule has 2 aliphatic rings. The Hall–Kier alpha value is -0.130. The van der Waals surface area contributed by atoms with Gasteiger partial charge in [-0.25, -0.2) is 0 Å². The molecule has 4 nitrogen and oxygen atoms in total. The Labute approximate surface area is 91.5 Å². The molecule has 2 rings (SSSR count). The van der Waals surface area contributed by atoms with Crippen LogP contribution in [0.1, 0.15) is 32.6 Å². The first-order chi connectivity index (χ1) is 7.11. The van der Waals surface area contributed by atoms with Crippen LogP contribution in [0.2, 0.25) is 0 Å². The lowest BCUT2D eigenvalue weighted by atomic mass is 9.85. The van der Waals surface area contributed by atoms with Crippen molar-refractivity contribution in [1.82, 2.24) is 5.32 Å². The second-order valence-corrected chi connectivity index (χ2v) is 6.38. The molecule has 1 aliphatic heterocycles. The van der Waals surface area contributed by atoms with Crippen molar-refractivity contribution < 1.29 is 12.6 Å². The maximum atomic E-state index is 11.9. The van der Waals surface area contributed by atoms with Gasteiger partial charge in [-0.15, -0.1) is 0 Å². The summed E-state index contributed by atoms with van der Waals surface area (Å²) >= 11 is 0. The van der Waals surface area contributed by atoms with Gasteiger partial charge in [0, 0.05) is 18.5 Å². The van der Waals surface area contributed by atoms with Crippen molar-refractivity contribution in [2.24, 2.45) is 5.41 Å². The third-order valence-electron chi connectivity index (χ3n) is 3.72. The van der Waals surface area contributed by atoms with E-state index >= 15 is 0 Å². The number of hydrogen-bond acceptors (Lipinski definition) is 4. The fraction of sp³-hybridized carbons (Fsp3) is 1.00. The molecule has 15 heavy (non-hydrogen) atoms. The van der Waals surface area contributed by atoms with Crippen molar-refractivity contribution in [3.63, 3.8) is 0 Å². The SMILES string of the molecule is CCOS(=O)(=O)C1CNCC12CCCC2. The smallest absolute Gasteiger partial charge is 0.272 e. The predicted octanol–water partition coefficient (Wildman–Crippen LogP) is 0.885. The van der Waals surface area contributed by atoms with E-state index < -0.39 is 10.1 Å². The molecule has 1 saturated heterocycles.